The number of para-hydroxylation sites is 1. The quantitative estimate of drug-likeness (QED) is 0.665. The lowest BCUT2D eigenvalue weighted by atomic mass is 10.1. The average molecular weight is 290 g/mol. The second-order valence-electron chi connectivity index (χ2n) is 4.11. The first-order chi connectivity index (χ1) is 9.61. The normalized spacial score (nSPS) is 10.3. The lowest BCUT2D eigenvalue weighted by molar-refractivity contribution is 0.102. The van der Waals surface area contributed by atoms with Crippen molar-refractivity contribution in [1.29, 1.82) is 0 Å². The average Bonchev–Trinajstić information content (AvgIpc) is 2.44. The first-order valence-corrected chi connectivity index (χ1v) is 7.18. The monoisotopic (exact) mass is 290 g/mol. The molecule has 2 aromatic rings. The largest absolute Gasteiger partial charge is 0.398 e. The Balaban J connectivity index is 2.26. The van der Waals surface area contributed by atoms with Gasteiger partial charge in [-0.3, -0.25) is 4.79 Å². The van der Waals surface area contributed by atoms with Crippen molar-refractivity contribution in [2.24, 2.45) is 0 Å². The molecule has 0 radical (unpaired) electrons. The zero-order chi connectivity index (χ0) is 14.5. The van der Waals surface area contributed by atoms with Crippen molar-refractivity contribution >= 4 is 29.0 Å². The van der Waals surface area contributed by atoms with Crippen LogP contribution in [0.3, 0.4) is 0 Å². The molecular weight excluding hydrogens is 275 g/mol. The summed E-state index contributed by atoms with van der Waals surface area (Å²) < 4.78 is 13.2. The summed E-state index contributed by atoms with van der Waals surface area (Å²) in [6.45, 7) is 2.04. The number of thioether (sulfide) groups is 1. The van der Waals surface area contributed by atoms with Crippen molar-refractivity contribution in [3.63, 3.8) is 0 Å². The Morgan fingerprint density at radius 1 is 1.30 bits per heavy atom. The highest BCUT2D eigenvalue weighted by Gasteiger charge is 2.12. The van der Waals surface area contributed by atoms with Gasteiger partial charge in [0, 0.05) is 10.6 Å². The van der Waals surface area contributed by atoms with Gasteiger partial charge in [0.2, 0.25) is 0 Å². The van der Waals surface area contributed by atoms with Gasteiger partial charge in [0.15, 0.2) is 0 Å². The molecule has 2 aromatic carbocycles. The van der Waals surface area contributed by atoms with E-state index in [1.54, 1.807) is 11.8 Å². The highest BCUT2D eigenvalue weighted by molar-refractivity contribution is 7.99. The van der Waals surface area contributed by atoms with Gasteiger partial charge in [0.1, 0.15) is 5.82 Å². The highest BCUT2D eigenvalue weighted by Crippen LogP contribution is 2.27. The molecule has 1 amide bonds. The van der Waals surface area contributed by atoms with E-state index in [2.05, 4.69) is 5.32 Å². The Labute approximate surface area is 121 Å². The van der Waals surface area contributed by atoms with Crippen molar-refractivity contribution in [1.82, 2.24) is 0 Å². The van der Waals surface area contributed by atoms with Crippen LogP contribution in [-0.4, -0.2) is 11.7 Å². The zero-order valence-electron chi connectivity index (χ0n) is 11.0. The summed E-state index contributed by atoms with van der Waals surface area (Å²) in [5.74, 6) is 0.00125. The fourth-order valence-corrected chi connectivity index (χ4v) is 2.53. The third-order valence-corrected chi connectivity index (χ3v) is 3.65. The van der Waals surface area contributed by atoms with Gasteiger partial charge in [-0.1, -0.05) is 19.1 Å². The third-order valence-electron chi connectivity index (χ3n) is 2.70. The molecule has 2 rings (SSSR count). The number of halogens is 1. The van der Waals surface area contributed by atoms with Crippen LogP contribution in [0.15, 0.2) is 47.4 Å². The Hall–Kier alpha value is -2.01. The van der Waals surface area contributed by atoms with Gasteiger partial charge >= 0.3 is 0 Å². The molecule has 5 heteroatoms. The van der Waals surface area contributed by atoms with Crippen molar-refractivity contribution in [2.75, 3.05) is 16.8 Å². The number of carbonyl (C=O) groups is 1. The van der Waals surface area contributed by atoms with Crippen molar-refractivity contribution in [3.8, 4) is 0 Å². The van der Waals surface area contributed by atoms with Crippen LogP contribution in [0.4, 0.5) is 15.8 Å². The van der Waals surface area contributed by atoms with Crippen LogP contribution in [0, 0.1) is 5.82 Å². The molecular formula is C15H15FN2OS. The van der Waals surface area contributed by atoms with E-state index in [0.717, 1.165) is 16.7 Å². The van der Waals surface area contributed by atoms with E-state index in [0.29, 0.717) is 5.69 Å². The second-order valence-corrected chi connectivity index (χ2v) is 5.42. The third kappa shape index (κ3) is 3.30. The molecule has 104 valence electrons. The van der Waals surface area contributed by atoms with E-state index >= 15 is 0 Å². The predicted molar refractivity (Wildman–Crippen MR) is 81.6 cm³/mol. The van der Waals surface area contributed by atoms with Gasteiger partial charge in [-0.15, -0.1) is 11.8 Å². The number of nitrogens with two attached hydrogens (primary N) is 1. The lowest BCUT2D eigenvalue weighted by Gasteiger charge is -2.11. The number of anilines is 2. The van der Waals surface area contributed by atoms with Crippen molar-refractivity contribution < 1.29 is 9.18 Å². The SMILES string of the molecule is CCSc1ccccc1NC(=O)c1cc(F)ccc1N. The van der Waals surface area contributed by atoms with Crippen LogP contribution in [0.5, 0.6) is 0 Å². The summed E-state index contributed by atoms with van der Waals surface area (Å²) in [7, 11) is 0. The minimum Gasteiger partial charge on any atom is -0.398 e. The maximum Gasteiger partial charge on any atom is 0.257 e. The number of nitrogen functional groups attached to an aromatic ring is 1. The molecule has 3 nitrogen and oxygen atoms in total. The Kier molecular flexibility index (Phi) is 4.63. The smallest absolute Gasteiger partial charge is 0.257 e. The molecule has 0 aliphatic heterocycles. The highest BCUT2D eigenvalue weighted by atomic mass is 32.2. The van der Waals surface area contributed by atoms with Crippen LogP contribution in [-0.2, 0) is 0 Å². The minimum atomic E-state index is -0.486. The van der Waals surface area contributed by atoms with Gasteiger partial charge < -0.3 is 11.1 Å². The van der Waals surface area contributed by atoms with E-state index in [1.807, 2.05) is 31.2 Å². The van der Waals surface area contributed by atoms with E-state index in [9.17, 15) is 9.18 Å². The zero-order valence-corrected chi connectivity index (χ0v) is 11.8. The van der Waals surface area contributed by atoms with E-state index < -0.39 is 11.7 Å². The van der Waals surface area contributed by atoms with E-state index in [-0.39, 0.29) is 11.3 Å². The summed E-state index contributed by atoms with van der Waals surface area (Å²) in [6, 6.07) is 11.2. The molecule has 0 saturated heterocycles. The van der Waals surface area contributed by atoms with Gasteiger partial charge in [-0.05, 0) is 36.1 Å². The number of benzene rings is 2. The summed E-state index contributed by atoms with van der Waals surface area (Å²) >= 11 is 1.63. The molecule has 0 fully saturated rings. The Morgan fingerprint density at radius 2 is 2.05 bits per heavy atom. The van der Waals surface area contributed by atoms with Crippen LogP contribution in [0.25, 0.3) is 0 Å². The van der Waals surface area contributed by atoms with E-state index in [4.69, 9.17) is 5.73 Å². The molecule has 20 heavy (non-hydrogen) atoms. The maximum absolute atomic E-state index is 13.2. The number of hydrogen-bond donors (Lipinski definition) is 2. The maximum atomic E-state index is 13.2. The molecule has 0 aliphatic carbocycles. The van der Waals surface area contributed by atoms with Gasteiger partial charge in [0.25, 0.3) is 5.91 Å². The van der Waals surface area contributed by atoms with Gasteiger partial charge in [0.05, 0.1) is 11.3 Å². The number of carbonyl (C=O) groups excluding carboxylic acids is 1. The fraction of sp³-hybridized carbons (Fsp3) is 0.133. The summed E-state index contributed by atoms with van der Waals surface area (Å²) in [5.41, 5.74) is 6.80. The number of hydrogen-bond acceptors (Lipinski definition) is 3. The van der Waals surface area contributed by atoms with Gasteiger partial charge in [-0.25, -0.2) is 4.39 Å². The number of amides is 1. The minimum absolute atomic E-state index is 0.140. The topological polar surface area (TPSA) is 55.1 Å². The molecule has 0 saturated carbocycles. The van der Waals surface area contributed by atoms with Crippen molar-refractivity contribution in [3.05, 3.63) is 53.8 Å². The lowest BCUT2D eigenvalue weighted by Crippen LogP contribution is -2.14. The Bertz CT molecular complexity index is 631. The van der Waals surface area contributed by atoms with Crippen molar-refractivity contribution in [2.45, 2.75) is 11.8 Å². The molecule has 0 atom stereocenters. The molecule has 0 heterocycles. The molecule has 0 spiro atoms. The molecule has 0 aromatic heterocycles. The van der Waals surface area contributed by atoms with Crippen LogP contribution in [0.2, 0.25) is 0 Å². The fourth-order valence-electron chi connectivity index (χ4n) is 1.77. The van der Waals surface area contributed by atoms with Crippen LogP contribution >= 0.6 is 11.8 Å². The summed E-state index contributed by atoms with van der Waals surface area (Å²) in [5, 5.41) is 2.77. The summed E-state index contributed by atoms with van der Waals surface area (Å²) in [4.78, 5) is 13.1. The first kappa shape index (κ1) is 14.4. The van der Waals surface area contributed by atoms with E-state index in [1.165, 1.54) is 12.1 Å². The van der Waals surface area contributed by atoms with Crippen LogP contribution in [0.1, 0.15) is 17.3 Å². The predicted octanol–water partition coefficient (Wildman–Crippen LogP) is 3.77. The molecule has 0 bridgehead atoms. The number of nitrogens with one attached hydrogen (secondary N) is 1. The molecule has 0 unspecified atom stereocenters. The first-order valence-electron chi connectivity index (χ1n) is 6.20. The molecule has 0 aliphatic rings. The standard InChI is InChI=1S/C15H15FN2OS/c1-2-20-14-6-4-3-5-13(14)18-15(19)11-9-10(16)7-8-12(11)17/h3-9H,2,17H2,1H3,(H,18,19). The molecule has 3 N–H and O–H groups in total. The Morgan fingerprint density at radius 3 is 2.80 bits per heavy atom. The summed E-state index contributed by atoms with van der Waals surface area (Å²) in [6.07, 6.45) is 0. The second kappa shape index (κ2) is 6.43. The van der Waals surface area contributed by atoms with Gasteiger partial charge in [-0.2, -0.15) is 0 Å². The van der Waals surface area contributed by atoms with Crippen LogP contribution < -0.4 is 11.1 Å². The number of rotatable bonds is 4.